The van der Waals surface area contributed by atoms with Crippen molar-refractivity contribution < 1.29 is 4.74 Å². The van der Waals surface area contributed by atoms with E-state index in [9.17, 15) is 0 Å². The molecule has 3 nitrogen and oxygen atoms in total. The quantitative estimate of drug-likeness (QED) is 0.693. The highest BCUT2D eigenvalue weighted by molar-refractivity contribution is 6.76. The average molecular weight is 393 g/mol. The van der Waals surface area contributed by atoms with E-state index in [0.29, 0.717) is 6.10 Å². The van der Waals surface area contributed by atoms with Crippen molar-refractivity contribution in [2.45, 2.75) is 108 Å². The summed E-state index contributed by atoms with van der Waals surface area (Å²) < 4.78 is 5.86. The Bertz CT molecular complexity index is 545. The van der Waals surface area contributed by atoms with E-state index in [1.165, 1.54) is 44.9 Å². The number of rotatable bonds is 3. The lowest BCUT2D eigenvalue weighted by molar-refractivity contribution is 0.0181. The summed E-state index contributed by atoms with van der Waals surface area (Å²) in [5, 5.41) is 0. The maximum atomic E-state index is 5.86. The molecular weight excluding hydrogens is 348 g/mol. The Morgan fingerprint density at radius 2 is 1.63 bits per heavy atom. The molecule has 0 aromatic carbocycles. The second kappa shape index (κ2) is 7.11. The van der Waals surface area contributed by atoms with Crippen LogP contribution in [0.5, 0.6) is 0 Å². The molecule has 156 valence electrons. The van der Waals surface area contributed by atoms with Gasteiger partial charge in [-0.3, -0.25) is 4.90 Å². The molecule has 4 fully saturated rings. The predicted molar refractivity (Wildman–Crippen MR) is 117 cm³/mol. The van der Waals surface area contributed by atoms with Gasteiger partial charge in [-0.25, -0.2) is 0 Å². The van der Waals surface area contributed by atoms with E-state index in [1.54, 1.807) is 0 Å². The summed E-state index contributed by atoms with van der Waals surface area (Å²) in [6.07, 6.45) is 10.4. The normalized spacial score (nSPS) is 45.4. The molecule has 1 N–H and O–H groups in total. The fourth-order valence-corrected chi connectivity index (χ4v) is 13.4. The molecule has 4 aliphatic rings. The Labute approximate surface area is 169 Å². The van der Waals surface area contributed by atoms with Gasteiger partial charge in [-0.2, -0.15) is 0 Å². The van der Waals surface area contributed by atoms with Crippen LogP contribution in [-0.4, -0.2) is 51.0 Å². The molecule has 3 aliphatic carbocycles. The first-order valence-corrected chi connectivity index (χ1v) is 14.8. The lowest BCUT2D eigenvalue weighted by atomic mass is 9.69. The van der Waals surface area contributed by atoms with Gasteiger partial charge in [0.2, 0.25) is 0 Å². The van der Waals surface area contributed by atoms with Crippen molar-refractivity contribution in [2.24, 2.45) is 23.7 Å². The van der Waals surface area contributed by atoms with Gasteiger partial charge in [-0.1, -0.05) is 32.4 Å². The van der Waals surface area contributed by atoms with Gasteiger partial charge in [0.25, 0.3) is 0 Å². The van der Waals surface area contributed by atoms with Crippen LogP contribution < -0.4 is 4.98 Å². The van der Waals surface area contributed by atoms with Gasteiger partial charge in [-0.05, 0) is 82.7 Å². The third kappa shape index (κ3) is 3.47. The molecule has 0 spiro atoms. The van der Waals surface area contributed by atoms with Gasteiger partial charge in [0.05, 0.1) is 6.10 Å². The summed E-state index contributed by atoms with van der Waals surface area (Å²) in [7, 11) is 2.87. The van der Waals surface area contributed by atoms with Crippen LogP contribution in [0.15, 0.2) is 0 Å². The molecule has 0 amide bonds. The Hall–Kier alpha value is 0.0969. The lowest BCUT2D eigenvalue weighted by Crippen LogP contribution is -2.61. The fourth-order valence-electron chi connectivity index (χ4n) is 8.47. The highest BCUT2D eigenvalue weighted by atomic mass is 28.3. The zero-order chi connectivity index (χ0) is 19.6. The van der Waals surface area contributed by atoms with Crippen LogP contribution in [0.4, 0.5) is 0 Å². The Morgan fingerprint density at radius 3 is 2.26 bits per heavy atom. The van der Waals surface area contributed by atoms with E-state index in [-0.39, 0.29) is 5.54 Å². The van der Waals surface area contributed by atoms with Gasteiger partial charge in [0.15, 0.2) is 0 Å². The molecular formula is C23H44N2OSi. The van der Waals surface area contributed by atoms with Crippen LogP contribution in [0.1, 0.15) is 65.7 Å². The number of hydrogen-bond donors (Lipinski definition) is 1. The summed E-state index contributed by atoms with van der Waals surface area (Å²) in [4.78, 5) is 7.08. The van der Waals surface area contributed by atoms with Gasteiger partial charge >= 0.3 is 0 Å². The Balaban J connectivity index is 1.68. The molecule has 0 aromatic rings. The molecule has 7 unspecified atom stereocenters. The van der Waals surface area contributed by atoms with Gasteiger partial charge in [0, 0.05) is 24.7 Å². The molecule has 1 saturated heterocycles. The van der Waals surface area contributed by atoms with Crippen LogP contribution in [0, 0.1) is 23.7 Å². The van der Waals surface area contributed by atoms with Crippen LogP contribution in [0.2, 0.25) is 18.6 Å². The predicted octanol–water partition coefficient (Wildman–Crippen LogP) is 4.88. The summed E-state index contributed by atoms with van der Waals surface area (Å²) in [6.45, 7) is 12.4. The molecule has 27 heavy (non-hydrogen) atoms. The monoisotopic (exact) mass is 392 g/mol. The van der Waals surface area contributed by atoms with Crippen molar-refractivity contribution in [2.75, 3.05) is 14.2 Å². The molecule has 1 heterocycles. The number of methoxy groups -OCH3 is 1. The molecule has 0 radical (unpaired) electrons. The SMILES string of the molecule is COC1CCC2C(C1)[C@H]1C3CCCCC3C([Si](C)(C)NC(C)(C)C)C1N2C. The highest BCUT2D eigenvalue weighted by Gasteiger charge is 2.64. The number of nitrogens with one attached hydrogen (secondary N) is 1. The van der Waals surface area contributed by atoms with E-state index in [2.05, 4.69) is 50.8 Å². The van der Waals surface area contributed by atoms with E-state index < -0.39 is 8.24 Å². The van der Waals surface area contributed by atoms with Crippen molar-refractivity contribution in [3.05, 3.63) is 0 Å². The standard InChI is InChI=1S/C23H44N2OSi/c1-23(2,3)24-27(6,7)22-17-11-9-8-10-16(17)20-18-14-15(26-5)12-13-19(18)25(4)21(20)22/h15-22,24H,8-14H2,1-7H3/t15?,16?,17?,18?,19?,20-,21?,22?/m1/s1. The minimum Gasteiger partial charge on any atom is -0.381 e. The van der Waals surface area contributed by atoms with Gasteiger partial charge < -0.3 is 9.72 Å². The summed E-state index contributed by atoms with van der Waals surface area (Å²) >= 11 is 0. The zero-order valence-corrected chi connectivity index (χ0v) is 19.9. The summed E-state index contributed by atoms with van der Waals surface area (Å²) in [5.74, 6) is 3.77. The average Bonchev–Trinajstić information content (AvgIpc) is 3.07. The van der Waals surface area contributed by atoms with Crippen LogP contribution in [0.25, 0.3) is 0 Å². The second-order valence-electron chi connectivity index (χ2n) is 11.9. The van der Waals surface area contributed by atoms with Crippen molar-refractivity contribution in [3.8, 4) is 0 Å². The zero-order valence-electron chi connectivity index (χ0n) is 18.9. The van der Waals surface area contributed by atoms with Crippen LogP contribution >= 0.6 is 0 Å². The molecule has 4 rings (SSSR count). The first-order valence-electron chi connectivity index (χ1n) is 11.7. The number of nitrogens with zero attached hydrogens (tertiary/aromatic N) is 1. The number of hydrogen-bond acceptors (Lipinski definition) is 3. The van der Waals surface area contributed by atoms with E-state index in [4.69, 9.17) is 4.74 Å². The Morgan fingerprint density at radius 1 is 0.963 bits per heavy atom. The third-order valence-electron chi connectivity index (χ3n) is 8.76. The number of likely N-dealkylation sites (tertiary alicyclic amines) is 1. The molecule has 8 atom stereocenters. The maximum absolute atomic E-state index is 5.86. The fraction of sp³-hybridized carbons (Fsp3) is 1.00. The summed E-state index contributed by atoms with van der Waals surface area (Å²) in [5.41, 5.74) is 1.13. The smallest absolute Gasteiger partial charge is 0.124 e. The van der Waals surface area contributed by atoms with E-state index in [1.807, 2.05) is 7.11 Å². The van der Waals surface area contributed by atoms with Crippen molar-refractivity contribution in [1.29, 1.82) is 0 Å². The maximum Gasteiger partial charge on any atom is 0.124 e. The van der Waals surface area contributed by atoms with Gasteiger partial charge in [-0.15, -0.1) is 0 Å². The number of ether oxygens (including phenoxy) is 1. The van der Waals surface area contributed by atoms with Crippen LogP contribution in [0.3, 0.4) is 0 Å². The highest BCUT2D eigenvalue weighted by Crippen LogP contribution is 2.64. The lowest BCUT2D eigenvalue weighted by Gasteiger charge is -2.46. The topological polar surface area (TPSA) is 24.5 Å². The molecule has 4 heteroatoms. The van der Waals surface area contributed by atoms with E-state index >= 15 is 0 Å². The minimum absolute atomic E-state index is 0.225. The van der Waals surface area contributed by atoms with Crippen molar-refractivity contribution in [3.63, 3.8) is 0 Å². The first-order chi connectivity index (χ1) is 12.6. The molecule has 1 aliphatic heterocycles. The number of fused-ring (bicyclic) bond motifs is 5. The Kier molecular flexibility index (Phi) is 5.36. The second-order valence-corrected chi connectivity index (χ2v) is 16.2. The van der Waals surface area contributed by atoms with Gasteiger partial charge in [0.1, 0.15) is 8.24 Å². The molecule has 0 bridgehead atoms. The largest absolute Gasteiger partial charge is 0.381 e. The third-order valence-corrected chi connectivity index (χ3v) is 12.6. The van der Waals surface area contributed by atoms with Crippen LogP contribution in [-0.2, 0) is 4.74 Å². The molecule has 0 aromatic heterocycles. The molecule has 3 saturated carbocycles. The summed E-state index contributed by atoms with van der Waals surface area (Å²) in [6, 6.07) is 1.64. The minimum atomic E-state index is -1.55. The van der Waals surface area contributed by atoms with Crippen molar-refractivity contribution in [1.82, 2.24) is 9.88 Å². The van der Waals surface area contributed by atoms with Crippen molar-refractivity contribution >= 4 is 8.24 Å². The first kappa shape index (κ1) is 20.4. The van der Waals surface area contributed by atoms with E-state index in [0.717, 1.165) is 41.3 Å².